The number of fused-ring (bicyclic) bond motifs is 1. The summed E-state index contributed by atoms with van der Waals surface area (Å²) in [6, 6.07) is 16.2. The summed E-state index contributed by atoms with van der Waals surface area (Å²) < 4.78 is 9.33. The SMILES string of the molecule is COc1ccc(-n2c(=S)sc3ccccc32)cc1. The highest BCUT2D eigenvalue weighted by atomic mass is 32.1. The zero-order valence-electron chi connectivity index (χ0n) is 9.79. The molecule has 0 atom stereocenters. The molecule has 0 amide bonds. The Labute approximate surface area is 114 Å². The average Bonchev–Trinajstić information content (AvgIpc) is 2.75. The van der Waals surface area contributed by atoms with Crippen molar-refractivity contribution in [2.24, 2.45) is 0 Å². The molecule has 0 bridgehead atoms. The van der Waals surface area contributed by atoms with Crippen molar-refractivity contribution < 1.29 is 4.74 Å². The van der Waals surface area contributed by atoms with Crippen LogP contribution in [0.3, 0.4) is 0 Å². The van der Waals surface area contributed by atoms with Gasteiger partial charge in [-0.3, -0.25) is 4.57 Å². The number of hydrogen-bond acceptors (Lipinski definition) is 3. The molecule has 3 aromatic rings. The second-order valence-electron chi connectivity index (χ2n) is 3.87. The van der Waals surface area contributed by atoms with E-state index in [1.165, 1.54) is 4.70 Å². The van der Waals surface area contributed by atoms with E-state index in [-0.39, 0.29) is 0 Å². The van der Waals surface area contributed by atoms with E-state index in [9.17, 15) is 0 Å². The molecular weight excluding hydrogens is 262 g/mol. The normalized spacial score (nSPS) is 10.7. The van der Waals surface area contributed by atoms with Crippen LogP contribution in [0, 0.1) is 3.95 Å². The molecule has 2 nitrogen and oxygen atoms in total. The van der Waals surface area contributed by atoms with Crippen LogP contribution in [0.15, 0.2) is 48.5 Å². The van der Waals surface area contributed by atoms with Crippen molar-refractivity contribution in [1.82, 2.24) is 4.57 Å². The van der Waals surface area contributed by atoms with E-state index >= 15 is 0 Å². The minimum Gasteiger partial charge on any atom is -0.497 e. The van der Waals surface area contributed by atoms with Crippen LogP contribution in [0.25, 0.3) is 15.9 Å². The number of ether oxygens (including phenoxy) is 1. The van der Waals surface area contributed by atoms with Crippen molar-refractivity contribution in [2.45, 2.75) is 0 Å². The van der Waals surface area contributed by atoms with Crippen LogP contribution in [0.1, 0.15) is 0 Å². The molecule has 3 rings (SSSR count). The molecule has 0 aliphatic rings. The number of methoxy groups -OCH3 is 1. The smallest absolute Gasteiger partial charge is 0.166 e. The Balaban J connectivity index is 2.24. The highest BCUT2D eigenvalue weighted by Crippen LogP contribution is 2.27. The maximum absolute atomic E-state index is 5.45. The Morgan fingerprint density at radius 1 is 1.06 bits per heavy atom. The van der Waals surface area contributed by atoms with E-state index in [1.807, 2.05) is 36.4 Å². The zero-order chi connectivity index (χ0) is 12.5. The van der Waals surface area contributed by atoms with Gasteiger partial charge >= 0.3 is 0 Å². The summed E-state index contributed by atoms with van der Waals surface area (Å²) in [5.74, 6) is 0.852. The number of aromatic nitrogens is 1. The van der Waals surface area contributed by atoms with Gasteiger partial charge in [0.1, 0.15) is 5.75 Å². The minimum atomic E-state index is 0.852. The lowest BCUT2D eigenvalue weighted by atomic mass is 10.3. The number of benzene rings is 2. The fourth-order valence-corrected chi connectivity index (χ4v) is 3.31. The van der Waals surface area contributed by atoms with Gasteiger partial charge in [-0.1, -0.05) is 12.1 Å². The first kappa shape index (κ1) is 11.4. The number of nitrogens with zero attached hydrogens (tertiary/aromatic N) is 1. The molecule has 0 spiro atoms. The quantitative estimate of drug-likeness (QED) is 0.641. The molecule has 0 radical (unpaired) electrons. The first-order valence-electron chi connectivity index (χ1n) is 5.54. The molecule has 0 N–H and O–H groups in total. The lowest BCUT2D eigenvalue weighted by molar-refractivity contribution is 0.415. The van der Waals surface area contributed by atoms with Crippen LogP contribution < -0.4 is 4.74 Å². The summed E-state index contributed by atoms with van der Waals surface area (Å²) >= 11 is 7.08. The summed E-state index contributed by atoms with van der Waals surface area (Å²) in [5, 5.41) is 0. The van der Waals surface area contributed by atoms with Gasteiger partial charge in [-0.2, -0.15) is 0 Å². The van der Waals surface area contributed by atoms with Crippen molar-refractivity contribution in [3.8, 4) is 11.4 Å². The lowest BCUT2D eigenvalue weighted by Gasteiger charge is -2.06. The topological polar surface area (TPSA) is 14.2 Å². The molecule has 0 aliphatic carbocycles. The molecule has 0 unspecified atom stereocenters. The van der Waals surface area contributed by atoms with Gasteiger partial charge in [0.05, 0.1) is 17.3 Å². The van der Waals surface area contributed by atoms with Crippen LogP contribution in [-0.2, 0) is 0 Å². The third-order valence-electron chi connectivity index (χ3n) is 2.82. The average molecular weight is 273 g/mol. The summed E-state index contributed by atoms with van der Waals surface area (Å²) in [6.07, 6.45) is 0. The van der Waals surface area contributed by atoms with Crippen LogP contribution in [0.5, 0.6) is 5.75 Å². The molecule has 1 heterocycles. The number of thiazole rings is 1. The molecule has 0 saturated carbocycles. The largest absolute Gasteiger partial charge is 0.497 e. The lowest BCUT2D eigenvalue weighted by Crippen LogP contribution is -1.93. The van der Waals surface area contributed by atoms with Gasteiger partial charge in [-0.15, -0.1) is 11.3 Å². The first-order chi connectivity index (χ1) is 8.79. The monoisotopic (exact) mass is 273 g/mol. The standard InChI is InChI=1S/C14H11NOS2/c1-16-11-8-6-10(7-9-11)15-12-4-2-3-5-13(12)18-14(15)17/h2-9H,1H3. The first-order valence-corrected chi connectivity index (χ1v) is 6.77. The number of hydrogen-bond donors (Lipinski definition) is 0. The Kier molecular flexibility index (Phi) is 2.89. The highest BCUT2D eigenvalue weighted by molar-refractivity contribution is 7.73. The van der Waals surface area contributed by atoms with Crippen LogP contribution in [0.2, 0.25) is 0 Å². The predicted molar refractivity (Wildman–Crippen MR) is 78.5 cm³/mol. The second kappa shape index (κ2) is 4.55. The molecule has 1 aromatic heterocycles. The third kappa shape index (κ3) is 1.83. The Bertz CT molecular complexity index is 740. The fourth-order valence-electron chi connectivity index (χ4n) is 1.94. The molecule has 4 heteroatoms. The van der Waals surface area contributed by atoms with E-state index in [0.717, 1.165) is 20.9 Å². The van der Waals surface area contributed by atoms with E-state index in [2.05, 4.69) is 16.7 Å². The summed E-state index contributed by atoms with van der Waals surface area (Å²) in [4.78, 5) is 0. The Morgan fingerprint density at radius 2 is 1.78 bits per heavy atom. The number of rotatable bonds is 2. The summed E-state index contributed by atoms with van der Waals surface area (Å²) in [6.45, 7) is 0. The fraction of sp³-hybridized carbons (Fsp3) is 0.0714. The minimum absolute atomic E-state index is 0.852. The molecule has 0 aliphatic heterocycles. The van der Waals surface area contributed by atoms with Crippen molar-refractivity contribution in [2.75, 3.05) is 7.11 Å². The highest BCUT2D eigenvalue weighted by Gasteiger charge is 2.06. The molecule has 0 fully saturated rings. The second-order valence-corrected chi connectivity index (χ2v) is 5.54. The van der Waals surface area contributed by atoms with Crippen molar-refractivity contribution in [3.63, 3.8) is 0 Å². The number of para-hydroxylation sites is 1. The van der Waals surface area contributed by atoms with Gasteiger partial charge in [-0.05, 0) is 48.6 Å². The van der Waals surface area contributed by atoms with Gasteiger partial charge < -0.3 is 4.74 Å². The van der Waals surface area contributed by atoms with Gasteiger partial charge in [-0.25, -0.2) is 0 Å². The Hall–Kier alpha value is -1.65. The summed E-state index contributed by atoms with van der Waals surface area (Å²) in [5.41, 5.74) is 2.22. The van der Waals surface area contributed by atoms with Gasteiger partial charge in [0.15, 0.2) is 3.95 Å². The van der Waals surface area contributed by atoms with Crippen molar-refractivity contribution in [3.05, 3.63) is 52.5 Å². The maximum atomic E-state index is 5.45. The van der Waals surface area contributed by atoms with Crippen molar-refractivity contribution >= 4 is 33.8 Å². The van der Waals surface area contributed by atoms with E-state index < -0.39 is 0 Å². The van der Waals surface area contributed by atoms with Crippen LogP contribution in [0.4, 0.5) is 0 Å². The molecule has 0 saturated heterocycles. The molecular formula is C14H11NOS2. The predicted octanol–water partition coefficient (Wildman–Crippen LogP) is 4.43. The van der Waals surface area contributed by atoms with Gasteiger partial charge in [0, 0.05) is 5.69 Å². The van der Waals surface area contributed by atoms with Gasteiger partial charge in [0.2, 0.25) is 0 Å². The Morgan fingerprint density at radius 3 is 2.50 bits per heavy atom. The molecule has 90 valence electrons. The molecule has 18 heavy (non-hydrogen) atoms. The molecule has 2 aromatic carbocycles. The third-order valence-corrected chi connectivity index (χ3v) is 4.17. The van der Waals surface area contributed by atoms with Crippen molar-refractivity contribution in [1.29, 1.82) is 0 Å². The maximum Gasteiger partial charge on any atom is 0.166 e. The van der Waals surface area contributed by atoms with E-state index in [1.54, 1.807) is 18.4 Å². The van der Waals surface area contributed by atoms with E-state index in [0.29, 0.717) is 0 Å². The van der Waals surface area contributed by atoms with Gasteiger partial charge in [0.25, 0.3) is 0 Å². The zero-order valence-corrected chi connectivity index (χ0v) is 11.4. The van der Waals surface area contributed by atoms with E-state index in [4.69, 9.17) is 17.0 Å². The van der Waals surface area contributed by atoms with Crippen LogP contribution in [-0.4, -0.2) is 11.7 Å². The summed E-state index contributed by atoms with van der Waals surface area (Å²) in [7, 11) is 1.67. The van der Waals surface area contributed by atoms with Crippen LogP contribution >= 0.6 is 23.6 Å².